The Bertz CT molecular complexity index is 823. The average molecular weight is 378 g/mol. The molecule has 0 aliphatic heterocycles. The quantitative estimate of drug-likeness (QED) is 0.713. The zero-order valence-electron chi connectivity index (χ0n) is 14.2. The molecule has 0 unspecified atom stereocenters. The van der Waals surface area contributed by atoms with E-state index in [1.165, 1.54) is 12.1 Å². The van der Waals surface area contributed by atoms with Gasteiger partial charge in [-0.15, -0.1) is 0 Å². The summed E-state index contributed by atoms with van der Waals surface area (Å²) in [6, 6.07) is 9.98. The fraction of sp³-hybridized carbons (Fsp3) is 0.263. The maximum atomic E-state index is 14.1. The lowest BCUT2D eigenvalue weighted by molar-refractivity contribution is -0.108. The van der Waals surface area contributed by atoms with Crippen LogP contribution in [0.5, 0.6) is 0 Å². The molecule has 0 saturated carbocycles. The number of carbonyl (C=O) groups is 1. The summed E-state index contributed by atoms with van der Waals surface area (Å²) >= 11 is 6.13. The van der Waals surface area contributed by atoms with Gasteiger partial charge in [-0.25, -0.2) is 8.78 Å². The first-order chi connectivity index (χ1) is 12.5. The molecular weight excluding hydrogens is 360 g/mol. The van der Waals surface area contributed by atoms with Gasteiger partial charge in [0, 0.05) is 42.9 Å². The van der Waals surface area contributed by atoms with Crippen molar-refractivity contribution in [2.75, 3.05) is 18.5 Å². The molecule has 0 aromatic heterocycles. The highest BCUT2D eigenvalue weighted by molar-refractivity contribution is 6.32. The molecule has 1 atom stereocenters. The Morgan fingerprint density at radius 2 is 2.08 bits per heavy atom. The summed E-state index contributed by atoms with van der Waals surface area (Å²) in [5, 5.41) is 12.3. The van der Waals surface area contributed by atoms with Crippen molar-refractivity contribution in [1.29, 1.82) is 5.26 Å². The van der Waals surface area contributed by atoms with E-state index in [4.69, 9.17) is 16.9 Å². The van der Waals surface area contributed by atoms with Crippen molar-refractivity contribution >= 4 is 23.6 Å². The molecule has 0 amide bonds. The van der Waals surface area contributed by atoms with E-state index in [2.05, 4.69) is 5.32 Å². The standard InChI is InChI=1S/C19H18ClF2N3O/c1-24-11-17(6-7-26)25(12-14-2-4-15(21)8-19(14)22)16-5-3-13(10-23)18(20)9-16/h2-5,7-9,17,24H,6,11-12H2,1H3/t17-/m0/s1. The summed E-state index contributed by atoms with van der Waals surface area (Å²) in [4.78, 5) is 12.9. The van der Waals surface area contributed by atoms with Crippen LogP contribution in [-0.2, 0) is 11.3 Å². The molecule has 2 rings (SSSR count). The molecule has 4 nitrogen and oxygen atoms in total. The minimum absolute atomic E-state index is 0.120. The van der Waals surface area contributed by atoms with Crippen LogP contribution in [0.4, 0.5) is 14.5 Å². The topological polar surface area (TPSA) is 56.1 Å². The van der Waals surface area contributed by atoms with Gasteiger partial charge in [-0.3, -0.25) is 0 Å². The van der Waals surface area contributed by atoms with Crippen LogP contribution < -0.4 is 10.2 Å². The van der Waals surface area contributed by atoms with E-state index < -0.39 is 11.6 Å². The lowest BCUT2D eigenvalue weighted by Gasteiger charge is -2.33. The molecule has 136 valence electrons. The van der Waals surface area contributed by atoms with Crippen LogP contribution in [0, 0.1) is 23.0 Å². The molecule has 0 heterocycles. The Hall–Kier alpha value is -2.49. The summed E-state index contributed by atoms with van der Waals surface area (Å²) in [5.41, 5.74) is 1.25. The van der Waals surface area contributed by atoms with Crippen molar-refractivity contribution in [3.8, 4) is 6.07 Å². The number of carbonyl (C=O) groups excluding carboxylic acids is 1. The molecule has 2 aromatic carbocycles. The summed E-state index contributed by atoms with van der Waals surface area (Å²) < 4.78 is 27.3. The Kier molecular flexibility index (Phi) is 7.07. The van der Waals surface area contributed by atoms with E-state index in [9.17, 15) is 13.6 Å². The number of halogens is 3. The van der Waals surface area contributed by atoms with Crippen LogP contribution in [0.3, 0.4) is 0 Å². The lowest BCUT2D eigenvalue weighted by Crippen LogP contribution is -2.42. The molecule has 0 saturated heterocycles. The van der Waals surface area contributed by atoms with E-state index in [0.29, 0.717) is 23.4 Å². The first kappa shape index (κ1) is 19.8. The van der Waals surface area contributed by atoms with Gasteiger partial charge in [-0.1, -0.05) is 17.7 Å². The highest BCUT2D eigenvalue weighted by atomic mass is 35.5. The summed E-state index contributed by atoms with van der Waals surface area (Å²) in [6.45, 7) is 0.591. The van der Waals surface area contributed by atoms with Gasteiger partial charge in [0.1, 0.15) is 24.0 Å². The SMILES string of the molecule is CNC[C@H](CC=O)N(Cc1ccc(F)cc1F)c1ccc(C#N)c(Cl)c1. The Labute approximate surface area is 156 Å². The molecule has 0 fully saturated rings. The first-order valence-electron chi connectivity index (χ1n) is 7.98. The Morgan fingerprint density at radius 3 is 2.65 bits per heavy atom. The molecule has 0 radical (unpaired) electrons. The molecule has 26 heavy (non-hydrogen) atoms. The normalized spacial score (nSPS) is 11.7. The minimum Gasteiger partial charge on any atom is -0.362 e. The number of rotatable bonds is 8. The highest BCUT2D eigenvalue weighted by Gasteiger charge is 2.21. The molecule has 0 aliphatic carbocycles. The van der Waals surface area contributed by atoms with Gasteiger partial charge in [-0.2, -0.15) is 5.26 Å². The number of likely N-dealkylation sites (N-methyl/N-ethyl adjacent to an activating group) is 1. The van der Waals surface area contributed by atoms with Gasteiger partial charge in [-0.05, 0) is 31.3 Å². The third-order valence-corrected chi connectivity index (χ3v) is 4.32. The van der Waals surface area contributed by atoms with E-state index >= 15 is 0 Å². The van der Waals surface area contributed by atoms with Crippen molar-refractivity contribution in [3.63, 3.8) is 0 Å². The molecule has 1 N–H and O–H groups in total. The number of hydrogen-bond acceptors (Lipinski definition) is 4. The fourth-order valence-corrected chi connectivity index (χ4v) is 2.92. The largest absolute Gasteiger partial charge is 0.362 e. The van der Waals surface area contributed by atoms with E-state index in [1.807, 2.05) is 11.0 Å². The molecule has 2 aromatic rings. The van der Waals surface area contributed by atoms with Crippen molar-refractivity contribution in [1.82, 2.24) is 5.32 Å². The van der Waals surface area contributed by atoms with Gasteiger partial charge in [0.05, 0.1) is 10.6 Å². The maximum Gasteiger partial charge on any atom is 0.131 e. The highest BCUT2D eigenvalue weighted by Crippen LogP contribution is 2.27. The van der Waals surface area contributed by atoms with Gasteiger partial charge in [0.15, 0.2) is 0 Å². The lowest BCUT2D eigenvalue weighted by atomic mass is 10.1. The number of benzene rings is 2. The second kappa shape index (κ2) is 9.27. The third-order valence-electron chi connectivity index (χ3n) is 4.01. The van der Waals surface area contributed by atoms with Crippen molar-refractivity contribution in [2.24, 2.45) is 0 Å². The smallest absolute Gasteiger partial charge is 0.131 e. The van der Waals surface area contributed by atoms with Gasteiger partial charge in [0.25, 0.3) is 0 Å². The van der Waals surface area contributed by atoms with E-state index in [0.717, 1.165) is 12.4 Å². The number of nitrogens with zero attached hydrogens (tertiary/aromatic N) is 2. The van der Waals surface area contributed by atoms with Crippen LogP contribution in [0.2, 0.25) is 5.02 Å². The van der Waals surface area contributed by atoms with Gasteiger partial charge >= 0.3 is 0 Å². The van der Waals surface area contributed by atoms with Crippen LogP contribution in [-0.4, -0.2) is 25.9 Å². The summed E-state index contributed by atoms with van der Waals surface area (Å²) in [5.74, 6) is -1.32. The molecule has 0 aliphatic rings. The Morgan fingerprint density at radius 1 is 1.31 bits per heavy atom. The number of nitriles is 1. The van der Waals surface area contributed by atoms with Crippen LogP contribution in [0.1, 0.15) is 17.5 Å². The Balaban J connectivity index is 2.45. The minimum atomic E-state index is -0.663. The second-order valence-electron chi connectivity index (χ2n) is 5.75. The number of hydrogen-bond donors (Lipinski definition) is 1. The van der Waals surface area contributed by atoms with Gasteiger partial charge in [0.2, 0.25) is 0 Å². The number of anilines is 1. The predicted octanol–water partition coefficient (Wildman–Crippen LogP) is 3.67. The van der Waals surface area contributed by atoms with Crippen LogP contribution in [0.25, 0.3) is 0 Å². The first-order valence-corrected chi connectivity index (χ1v) is 8.36. The number of nitrogens with one attached hydrogen (secondary N) is 1. The zero-order chi connectivity index (χ0) is 19.1. The number of aldehydes is 1. The average Bonchev–Trinajstić information content (AvgIpc) is 2.61. The molecular formula is C19H18ClF2N3O. The molecule has 0 bridgehead atoms. The van der Waals surface area contributed by atoms with Crippen molar-refractivity contribution in [3.05, 3.63) is 64.2 Å². The maximum absolute atomic E-state index is 14.1. The molecule has 0 spiro atoms. The summed E-state index contributed by atoms with van der Waals surface area (Å²) in [6.07, 6.45) is 1.00. The second-order valence-corrected chi connectivity index (χ2v) is 6.16. The zero-order valence-corrected chi connectivity index (χ0v) is 14.9. The molecule has 7 heteroatoms. The van der Waals surface area contributed by atoms with Crippen LogP contribution in [0.15, 0.2) is 36.4 Å². The monoisotopic (exact) mass is 377 g/mol. The van der Waals surface area contributed by atoms with E-state index in [1.54, 1.807) is 25.2 Å². The third kappa shape index (κ3) is 4.78. The van der Waals surface area contributed by atoms with E-state index in [-0.39, 0.29) is 24.0 Å². The predicted molar refractivity (Wildman–Crippen MR) is 97.1 cm³/mol. The van der Waals surface area contributed by atoms with Crippen LogP contribution >= 0.6 is 11.6 Å². The summed E-state index contributed by atoms with van der Waals surface area (Å²) in [7, 11) is 1.75. The van der Waals surface area contributed by atoms with Crippen molar-refractivity contribution in [2.45, 2.75) is 19.0 Å². The fourth-order valence-electron chi connectivity index (χ4n) is 2.71. The van der Waals surface area contributed by atoms with Crippen molar-refractivity contribution < 1.29 is 13.6 Å². The van der Waals surface area contributed by atoms with Gasteiger partial charge < -0.3 is 15.0 Å².